The normalized spacial score (nSPS) is 14.8. The number of hydrogen-bond acceptors (Lipinski definition) is 7. The predicted octanol–water partition coefficient (Wildman–Crippen LogP) is 3.40. The molecule has 1 aromatic carbocycles. The molecule has 0 aliphatic carbocycles. The van der Waals surface area contributed by atoms with Gasteiger partial charge in [-0.2, -0.15) is 4.98 Å². The minimum atomic E-state index is -0.0675. The van der Waals surface area contributed by atoms with Crippen LogP contribution in [-0.4, -0.2) is 52.7 Å². The molecule has 0 bridgehead atoms. The summed E-state index contributed by atoms with van der Waals surface area (Å²) in [5.74, 6) is 0.477. The second-order valence-corrected chi connectivity index (χ2v) is 8.80. The van der Waals surface area contributed by atoms with Crippen molar-refractivity contribution < 1.29 is 0 Å². The van der Waals surface area contributed by atoms with Crippen LogP contribution in [0.1, 0.15) is 4.88 Å². The summed E-state index contributed by atoms with van der Waals surface area (Å²) in [7, 11) is 2.16. The van der Waals surface area contributed by atoms with Crippen LogP contribution in [-0.2, 0) is 6.54 Å². The fraction of sp³-hybridized carbons (Fsp3) is 0.261. The van der Waals surface area contributed by atoms with E-state index in [-0.39, 0.29) is 5.56 Å². The maximum atomic E-state index is 12.5. The van der Waals surface area contributed by atoms with E-state index in [1.54, 1.807) is 34.2 Å². The maximum Gasteiger partial charge on any atom is 0.252 e. The number of nitrogens with zero attached hydrogens (tertiary/aromatic N) is 5. The van der Waals surface area contributed by atoms with Gasteiger partial charge in [0, 0.05) is 60.1 Å². The van der Waals surface area contributed by atoms with Crippen LogP contribution in [0.4, 0.5) is 17.3 Å². The van der Waals surface area contributed by atoms with Crippen molar-refractivity contribution >= 4 is 39.7 Å². The van der Waals surface area contributed by atoms with Gasteiger partial charge in [-0.3, -0.25) is 9.36 Å². The predicted molar refractivity (Wildman–Crippen MR) is 127 cm³/mol. The third-order valence-electron chi connectivity index (χ3n) is 5.61. The SMILES string of the molecule is CN1CCN(c2ccc(Nc3ncc4ccc(=O)n(Cc5cccs5)c4n3)cc2)CC1. The Hall–Kier alpha value is -3.23. The number of thiophene rings is 1. The van der Waals surface area contributed by atoms with Crippen LogP contribution < -0.4 is 15.8 Å². The van der Waals surface area contributed by atoms with Gasteiger partial charge < -0.3 is 15.1 Å². The first-order valence-corrected chi connectivity index (χ1v) is 11.2. The van der Waals surface area contributed by atoms with Crippen molar-refractivity contribution in [2.24, 2.45) is 0 Å². The number of aromatic nitrogens is 3. The number of anilines is 3. The molecule has 1 aliphatic heterocycles. The first kappa shape index (κ1) is 19.7. The number of nitrogens with one attached hydrogen (secondary N) is 1. The molecule has 0 unspecified atom stereocenters. The summed E-state index contributed by atoms with van der Waals surface area (Å²) in [5, 5.41) is 6.13. The van der Waals surface area contributed by atoms with Crippen LogP contribution in [0.25, 0.3) is 11.0 Å². The molecule has 4 heterocycles. The average Bonchev–Trinajstić information content (AvgIpc) is 3.30. The minimum Gasteiger partial charge on any atom is -0.369 e. The fourth-order valence-electron chi connectivity index (χ4n) is 3.79. The fourth-order valence-corrected chi connectivity index (χ4v) is 4.48. The van der Waals surface area contributed by atoms with Gasteiger partial charge in [-0.25, -0.2) is 4.98 Å². The number of piperazine rings is 1. The van der Waals surface area contributed by atoms with Crippen LogP contribution in [0.5, 0.6) is 0 Å². The van der Waals surface area contributed by atoms with Crippen molar-refractivity contribution in [3.63, 3.8) is 0 Å². The average molecular weight is 433 g/mol. The smallest absolute Gasteiger partial charge is 0.252 e. The topological polar surface area (TPSA) is 66.3 Å². The van der Waals surface area contributed by atoms with Crippen molar-refractivity contribution in [1.82, 2.24) is 19.4 Å². The standard InChI is InChI=1S/C23H24N6OS/c1-27-10-12-28(13-11-27)19-7-5-18(6-8-19)25-23-24-15-17-4-9-21(30)29(22(17)26-23)16-20-3-2-14-31-20/h2-9,14-15H,10-13,16H2,1H3,(H,24,25,26). The Labute approximate surface area is 184 Å². The Morgan fingerprint density at radius 2 is 1.84 bits per heavy atom. The van der Waals surface area contributed by atoms with Crippen molar-refractivity contribution in [2.45, 2.75) is 6.54 Å². The second kappa shape index (κ2) is 8.49. The number of hydrogen-bond donors (Lipinski definition) is 1. The Bertz CT molecular complexity index is 1230. The number of likely N-dealkylation sites (N-methyl/N-ethyl adjacent to an activating group) is 1. The first-order chi connectivity index (χ1) is 15.2. The molecule has 0 radical (unpaired) electrons. The van der Waals surface area contributed by atoms with Crippen molar-refractivity contribution in [1.29, 1.82) is 0 Å². The zero-order chi connectivity index (χ0) is 21.2. The molecular weight excluding hydrogens is 408 g/mol. The van der Waals surface area contributed by atoms with Gasteiger partial charge in [-0.15, -0.1) is 11.3 Å². The molecule has 1 aliphatic rings. The summed E-state index contributed by atoms with van der Waals surface area (Å²) in [6, 6.07) is 15.7. The van der Waals surface area contributed by atoms with Crippen LogP contribution in [0.3, 0.4) is 0 Å². The minimum absolute atomic E-state index is 0.0675. The lowest BCUT2D eigenvalue weighted by Gasteiger charge is -2.34. The van der Waals surface area contributed by atoms with E-state index < -0.39 is 0 Å². The molecule has 0 spiro atoms. The summed E-state index contributed by atoms with van der Waals surface area (Å²) >= 11 is 1.63. The lowest BCUT2D eigenvalue weighted by molar-refractivity contribution is 0.313. The number of fused-ring (bicyclic) bond motifs is 1. The molecular formula is C23H24N6OS. The molecule has 0 atom stereocenters. The highest BCUT2D eigenvalue weighted by molar-refractivity contribution is 7.09. The quantitative estimate of drug-likeness (QED) is 0.521. The number of benzene rings is 1. The maximum absolute atomic E-state index is 12.5. The summed E-state index contributed by atoms with van der Waals surface area (Å²) < 4.78 is 1.70. The Balaban J connectivity index is 1.38. The summed E-state index contributed by atoms with van der Waals surface area (Å²) in [4.78, 5) is 27.5. The lowest BCUT2D eigenvalue weighted by Crippen LogP contribution is -2.44. The van der Waals surface area contributed by atoms with Crippen LogP contribution in [0, 0.1) is 0 Å². The summed E-state index contributed by atoms with van der Waals surface area (Å²) in [6.07, 6.45) is 1.76. The molecule has 158 valence electrons. The molecule has 7 nitrogen and oxygen atoms in total. The molecule has 0 amide bonds. The Morgan fingerprint density at radius 3 is 2.58 bits per heavy atom. The molecule has 1 saturated heterocycles. The van der Waals surface area contributed by atoms with Crippen molar-refractivity contribution in [3.8, 4) is 0 Å². The van der Waals surface area contributed by atoms with Gasteiger partial charge >= 0.3 is 0 Å². The van der Waals surface area contributed by atoms with E-state index in [9.17, 15) is 4.79 Å². The summed E-state index contributed by atoms with van der Waals surface area (Å²) in [6.45, 7) is 4.75. The van der Waals surface area contributed by atoms with Gasteiger partial charge in [-0.05, 0) is 48.8 Å². The monoisotopic (exact) mass is 432 g/mol. The number of rotatable bonds is 5. The zero-order valence-corrected chi connectivity index (χ0v) is 18.2. The summed E-state index contributed by atoms with van der Waals surface area (Å²) in [5.41, 5.74) is 2.71. The molecule has 8 heteroatoms. The van der Waals surface area contributed by atoms with E-state index in [1.807, 2.05) is 29.6 Å². The van der Waals surface area contributed by atoms with Gasteiger partial charge in [0.1, 0.15) is 5.65 Å². The molecule has 5 rings (SSSR count). The van der Waals surface area contributed by atoms with E-state index in [4.69, 9.17) is 0 Å². The van der Waals surface area contributed by atoms with Crippen LogP contribution >= 0.6 is 11.3 Å². The van der Waals surface area contributed by atoms with Gasteiger partial charge in [0.25, 0.3) is 5.56 Å². The molecule has 3 aromatic heterocycles. The molecule has 4 aromatic rings. The van der Waals surface area contributed by atoms with Gasteiger partial charge in [-0.1, -0.05) is 6.07 Å². The van der Waals surface area contributed by atoms with E-state index in [2.05, 4.69) is 44.3 Å². The second-order valence-electron chi connectivity index (χ2n) is 7.77. The van der Waals surface area contributed by atoms with Gasteiger partial charge in [0.2, 0.25) is 5.95 Å². The van der Waals surface area contributed by atoms with Crippen molar-refractivity contribution in [2.75, 3.05) is 43.4 Å². The Morgan fingerprint density at radius 1 is 1.03 bits per heavy atom. The van der Waals surface area contributed by atoms with E-state index in [1.165, 1.54) is 5.69 Å². The molecule has 31 heavy (non-hydrogen) atoms. The van der Waals surface area contributed by atoms with Gasteiger partial charge in [0.05, 0.1) is 6.54 Å². The highest BCUT2D eigenvalue weighted by atomic mass is 32.1. The molecule has 0 saturated carbocycles. The third-order valence-corrected chi connectivity index (χ3v) is 6.47. The van der Waals surface area contributed by atoms with Crippen LogP contribution in [0.15, 0.2) is 64.9 Å². The highest BCUT2D eigenvalue weighted by Crippen LogP contribution is 2.22. The lowest BCUT2D eigenvalue weighted by atomic mass is 10.2. The first-order valence-electron chi connectivity index (χ1n) is 10.4. The van der Waals surface area contributed by atoms with Gasteiger partial charge in [0.15, 0.2) is 0 Å². The molecule has 1 fully saturated rings. The highest BCUT2D eigenvalue weighted by Gasteiger charge is 2.14. The Kier molecular flexibility index (Phi) is 5.40. The van der Waals surface area contributed by atoms with Crippen LogP contribution in [0.2, 0.25) is 0 Å². The van der Waals surface area contributed by atoms with E-state index in [0.717, 1.165) is 42.1 Å². The third kappa shape index (κ3) is 4.30. The van der Waals surface area contributed by atoms with Crippen molar-refractivity contribution in [3.05, 3.63) is 75.3 Å². The van der Waals surface area contributed by atoms with E-state index in [0.29, 0.717) is 18.1 Å². The van der Waals surface area contributed by atoms with E-state index >= 15 is 0 Å². The number of pyridine rings is 1. The molecule has 1 N–H and O–H groups in total. The zero-order valence-electron chi connectivity index (χ0n) is 17.4. The largest absolute Gasteiger partial charge is 0.369 e.